The van der Waals surface area contributed by atoms with E-state index < -0.39 is 29.0 Å². The maximum absolute atomic E-state index is 13.6. The zero-order valence-corrected chi connectivity index (χ0v) is 16.8. The Morgan fingerprint density at radius 3 is 2.28 bits per heavy atom. The molecule has 2 atom stereocenters. The van der Waals surface area contributed by atoms with Crippen molar-refractivity contribution in [3.8, 4) is 0 Å². The van der Waals surface area contributed by atoms with Crippen molar-refractivity contribution < 1.29 is 27.7 Å². The minimum absolute atomic E-state index is 0.0167. The number of aryl methyl sites for hydroxylation is 2. The van der Waals surface area contributed by atoms with Crippen LogP contribution in [0.15, 0.2) is 30.3 Å². The van der Waals surface area contributed by atoms with Gasteiger partial charge in [-0.25, -0.2) is 13.2 Å². The van der Waals surface area contributed by atoms with Gasteiger partial charge in [0.25, 0.3) is 11.8 Å². The minimum atomic E-state index is -1.65. The summed E-state index contributed by atoms with van der Waals surface area (Å²) in [7, 11) is 1.63. The van der Waals surface area contributed by atoms with Crippen molar-refractivity contribution in [1.29, 1.82) is 0 Å². The third kappa shape index (κ3) is 6.05. The van der Waals surface area contributed by atoms with E-state index in [0.29, 0.717) is 4.90 Å². The van der Waals surface area contributed by atoms with Gasteiger partial charge in [0, 0.05) is 0 Å². The number of carbonyl (C=O) groups excluding carboxylic acids is 2. The average molecular weight is 408 g/mol. The molecule has 0 saturated heterocycles. The van der Waals surface area contributed by atoms with Crippen LogP contribution in [0.1, 0.15) is 29.7 Å². The largest absolute Gasteiger partial charge is 0.345 e. The third-order valence-electron chi connectivity index (χ3n) is 4.64. The number of hydrogen-bond acceptors (Lipinski definition) is 2. The van der Waals surface area contributed by atoms with Gasteiger partial charge >= 0.3 is 0 Å². The molecule has 0 aromatic heterocycles. The van der Waals surface area contributed by atoms with Gasteiger partial charge in [0.1, 0.15) is 0 Å². The Labute approximate surface area is 167 Å². The standard InChI is InChI=1S/C21H24F3N3O2/c1-12-5-6-15(9-13(12)2)14(3)25-18(28)10-27(4)11-19(29)26-17-8-7-16(22)20(23)21(17)24/h5-9,14H,10-11H2,1-4H3,(H,25,28)(H,26,29)/p+1/t14-/m0/s1. The monoisotopic (exact) mass is 408 g/mol. The fourth-order valence-corrected chi connectivity index (χ4v) is 2.84. The first-order valence-electron chi connectivity index (χ1n) is 9.19. The molecule has 0 spiro atoms. The highest BCUT2D eigenvalue weighted by Gasteiger charge is 2.19. The van der Waals surface area contributed by atoms with Crippen LogP contribution in [0.5, 0.6) is 0 Å². The van der Waals surface area contributed by atoms with Crippen LogP contribution in [-0.4, -0.2) is 32.0 Å². The van der Waals surface area contributed by atoms with Gasteiger partial charge < -0.3 is 15.5 Å². The summed E-state index contributed by atoms with van der Waals surface area (Å²) in [4.78, 5) is 24.8. The Morgan fingerprint density at radius 2 is 1.62 bits per heavy atom. The average Bonchev–Trinajstić information content (AvgIpc) is 2.64. The molecular weight excluding hydrogens is 383 g/mol. The van der Waals surface area contributed by atoms with Crippen molar-refractivity contribution in [2.45, 2.75) is 26.8 Å². The van der Waals surface area contributed by atoms with Gasteiger partial charge in [-0.15, -0.1) is 0 Å². The first kappa shape index (κ1) is 22.4. The Balaban J connectivity index is 1.87. The topological polar surface area (TPSA) is 62.6 Å². The number of carbonyl (C=O) groups is 2. The highest BCUT2D eigenvalue weighted by atomic mass is 19.2. The number of halogens is 3. The first-order valence-corrected chi connectivity index (χ1v) is 9.19. The lowest BCUT2D eigenvalue weighted by molar-refractivity contribution is -0.862. The van der Waals surface area contributed by atoms with E-state index >= 15 is 0 Å². The van der Waals surface area contributed by atoms with Crippen molar-refractivity contribution in [1.82, 2.24) is 5.32 Å². The number of amides is 2. The van der Waals surface area contributed by atoms with Crippen LogP contribution in [0.2, 0.25) is 0 Å². The van der Waals surface area contributed by atoms with E-state index in [1.54, 1.807) is 7.05 Å². The normalized spacial score (nSPS) is 12.9. The van der Waals surface area contributed by atoms with E-state index in [9.17, 15) is 22.8 Å². The molecule has 156 valence electrons. The van der Waals surface area contributed by atoms with Crippen LogP contribution in [-0.2, 0) is 9.59 Å². The molecule has 0 aliphatic heterocycles. The smallest absolute Gasteiger partial charge is 0.279 e. The number of nitrogens with one attached hydrogen (secondary N) is 3. The molecule has 3 N–H and O–H groups in total. The third-order valence-corrected chi connectivity index (χ3v) is 4.64. The van der Waals surface area contributed by atoms with Gasteiger partial charge in [-0.05, 0) is 49.6 Å². The van der Waals surface area contributed by atoms with Gasteiger partial charge in [-0.3, -0.25) is 9.59 Å². The predicted molar refractivity (Wildman–Crippen MR) is 104 cm³/mol. The number of rotatable bonds is 7. The van der Waals surface area contributed by atoms with Gasteiger partial charge in [0.2, 0.25) is 0 Å². The fraction of sp³-hybridized carbons (Fsp3) is 0.333. The summed E-state index contributed by atoms with van der Waals surface area (Å²) < 4.78 is 39.8. The van der Waals surface area contributed by atoms with Crippen molar-refractivity contribution in [3.05, 3.63) is 64.5 Å². The summed E-state index contributed by atoms with van der Waals surface area (Å²) in [6, 6.07) is 7.44. The lowest BCUT2D eigenvalue weighted by atomic mass is 10.0. The maximum Gasteiger partial charge on any atom is 0.279 e. The van der Waals surface area contributed by atoms with Crippen LogP contribution in [0.3, 0.4) is 0 Å². The number of quaternary nitrogens is 1. The molecule has 8 heteroatoms. The molecule has 0 bridgehead atoms. The number of hydrogen-bond donors (Lipinski definition) is 3. The van der Waals surface area contributed by atoms with Crippen molar-refractivity contribution >= 4 is 17.5 Å². The predicted octanol–water partition coefficient (Wildman–Crippen LogP) is 2.05. The second kappa shape index (κ2) is 9.56. The first-order chi connectivity index (χ1) is 13.6. The summed E-state index contributed by atoms with van der Waals surface area (Å²) in [5, 5.41) is 5.06. The number of benzene rings is 2. The van der Waals surface area contributed by atoms with Crippen LogP contribution in [0, 0.1) is 31.3 Å². The minimum Gasteiger partial charge on any atom is -0.345 e. The van der Waals surface area contributed by atoms with Gasteiger partial charge in [-0.2, -0.15) is 0 Å². The molecule has 29 heavy (non-hydrogen) atoms. The molecule has 0 radical (unpaired) electrons. The molecular formula is C21H25F3N3O2+. The molecule has 2 aromatic carbocycles. The SMILES string of the molecule is Cc1ccc([C@H](C)NC(=O)C[NH+](C)CC(=O)Nc2ccc(F)c(F)c2F)cc1C. The molecule has 2 aromatic rings. The van der Waals surface area contributed by atoms with E-state index in [2.05, 4.69) is 10.6 Å². The van der Waals surface area contributed by atoms with Crippen molar-refractivity contribution in [3.63, 3.8) is 0 Å². The summed E-state index contributed by atoms with van der Waals surface area (Å²) in [6.07, 6.45) is 0. The molecule has 5 nitrogen and oxygen atoms in total. The Morgan fingerprint density at radius 1 is 0.966 bits per heavy atom. The summed E-state index contributed by atoms with van der Waals surface area (Å²) >= 11 is 0. The number of likely N-dealkylation sites (N-methyl/N-ethyl adjacent to an activating group) is 1. The van der Waals surface area contributed by atoms with E-state index in [1.807, 2.05) is 39.0 Å². The summed E-state index contributed by atoms with van der Waals surface area (Å²) in [5.41, 5.74) is 2.83. The lowest BCUT2D eigenvalue weighted by Gasteiger charge is -2.18. The van der Waals surface area contributed by atoms with Crippen molar-refractivity contribution in [2.75, 3.05) is 25.5 Å². The van der Waals surface area contributed by atoms with Crippen LogP contribution >= 0.6 is 0 Å². The zero-order valence-electron chi connectivity index (χ0n) is 16.8. The second-order valence-corrected chi connectivity index (χ2v) is 7.21. The molecule has 0 saturated carbocycles. The molecule has 0 heterocycles. The molecule has 0 aliphatic carbocycles. The maximum atomic E-state index is 13.6. The fourth-order valence-electron chi connectivity index (χ4n) is 2.84. The summed E-state index contributed by atoms with van der Waals surface area (Å²) in [6.45, 7) is 5.75. The molecule has 2 amide bonds. The van der Waals surface area contributed by atoms with Gasteiger partial charge in [-0.1, -0.05) is 18.2 Å². The molecule has 1 unspecified atom stereocenters. The molecule has 0 aliphatic rings. The van der Waals surface area contributed by atoms with E-state index in [4.69, 9.17) is 0 Å². The Bertz CT molecular complexity index is 918. The molecule has 2 rings (SSSR count). The van der Waals surface area contributed by atoms with E-state index in [1.165, 1.54) is 5.56 Å². The Kier molecular flexibility index (Phi) is 7.39. The van der Waals surface area contributed by atoms with Gasteiger partial charge in [0.05, 0.1) is 18.8 Å². The van der Waals surface area contributed by atoms with Crippen LogP contribution in [0.25, 0.3) is 0 Å². The van der Waals surface area contributed by atoms with E-state index in [-0.39, 0.29) is 25.0 Å². The Hall–Kier alpha value is -2.87. The highest BCUT2D eigenvalue weighted by Crippen LogP contribution is 2.19. The highest BCUT2D eigenvalue weighted by molar-refractivity contribution is 5.91. The van der Waals surface area contributed by atoms with Crippen LogP contribution in [0.4, 0.5) is 18.9 Å². The second-order valence-electron chi connectivity index (χ2n) is 7.21. The van der Waals surface area contributed by atoms with Gasteiger partial charge in [0.15, 0.2) is 30.5 Å². The zero-order chi connectivity index (χ0) is 21.7. The summed E-state index contributed by atoms with van der Waals surface area (Å²) in [5.74, 6) is -5.32. The van der Waals surface area contributed by atoms with Crippen molar-refractivity contribution in [2.24, 2.45) is 0 Å². The quantitative estimate of drug-likeness (QED) is 0.614. The number of anilines is 1. The van der Waals surface area contributed by atoms with Crippen LogP contribution < -0.4 is 15.5 Å². The van der Waals surface area contributed by atoms with E-state index in [0.717, 1.165) is 23.3 Å². The lowest BCUT2D eigenvalue weighted by Crippen LogP contribution is -3.11. The molecule has 0 fully saturated rings.